The largest absolute Gasteiger partial charge is 0.493 e. The first-order chi connectivity index (χ1) is 7.75. The highest BCUT2D eigenvalue weighted by atomic mass is 16.5. The molecular formula is C14H15NO. The number of hydrogen-bond acceptors (Lipinski definition) is 1. The van der Waals surface area contributed by atoms with Gasteiger partial charge in [0.15, 0.2) is 0 Å². The molecule has 0 radical (unpaired) electrons. The molecule has 1 atom stereocenters. The van der Waals surface area contributed by atoms with Crippen molar-refractivity contribution in [1.29, 1.82) is 0 Å². The van der Waals surface area contributed by atoms with Crippen LogP contribution in [-0.2, 0) is 0 Å². The summed E-state index contributed by atoms with van der Waals surface area (Å²) >= 11 is 0. The molecular weight excluding hydrogens is 198 g/mol. The van der Waals surface area contributed by atoms with Crippen LogP contribution >= 0.6 is 0 Å². The van der Waals surface area contributed by atoms with E-state index >= 15 is 0 Å². The van der Waals surface area contributed by atoms with Crippen molar-refractivity contribution in [3.8, 4) is 11.4 Å². The van der Waals surface area contributed by atoms with Crippen LogP contribution in [-0.4, -0.2) is 11.2 Å². The van der Waals surface area contributed by atoms with E-state index < -0.39 is 0 Å². The summed E-state index contributed by atoms with van der Waals surface area (Å²) in [4.78, 5) is 0. The lowest BCUT2D eigenvalue weighted by molar-refractivity contribution is 0.337. The number of nitrogens with zero attached hydrogens (tertiary/aromatic N) is 1. The predicted molar refractivity (Wildman–Crippen MR) is 64.4 cm³/mol. The molecule has 2 heterocycles. The zero-order chi connectivity index (χ0) is 11.1. The van der Waals surface area contributed by atoms with Crippen molar-refractivity contribution in [1.82, 2.24) is 4.57 Å². The molecule has 3 rings (SSSR count). The fourth-order valence-corrected chi connectivity index (χ4v) is 2.29. The number of aromatic nitrogens is 1. The van der Waals surface area contributed by atoms with Crippen LogP contribution in [0.5, 0.6) is 5.75 Å². The van der Waals surface area contributed by atoms with Crippen LogP contribution in [0.15, 0.2) is 36.7 Å². The van der Waals surface area contributed by atoms with Gasteiger partial charge in [0.1, 0.15) is 5.75 Å². The molecule has 0 saturated heterocycles. The number of aryl methyl sites for hydroxylation is 1. The molecule has 16 heavy (non-hydrogen) atoms. The highest BCUT2D eigenvalue weighted by Gasteiger charge is 2.21. The van der Waals surface area contributed by atoms with Gasteiger partial charge in [0, 0.05) is 29.9 Å². The van der Waals surface area contributed by atoms with Gasteiger partial charge >= 0.3 is 0 Å². The van der Waals surface area contributed by atoms with Gasteiger partial charge in [-0.1, -0.05) is 6.92 Å². The molecule has 0 N–H and O–H groups in total. The van der Waals surface area contributed by atoms with Crippen LogP contribution in [0, 0.1) is 6.92 Å². The Morgan fingerprint density at radius 1 is 1.25 bits per heavy atom. The lowest BCUT2D eigenvalue weighted by Crippen LogP contribution is -1.95. The summed E-state index contributed by atoms with van der Waals surface area (Å²) in [6.07, 6.45) is 4.13. The number of benzene rings is 1. The van der Waals surface area contributed by atoms with E-state index in [1.165, 1.54) is 16.8 Å². The summed E-state index contributed by atoms with van der Waals surface area (Å²) < 4.78 is 7.82. The molecule has 2 heteroatoms. The van der Waals surface area contributed by atoms with Crippen LogP contribution in [0.1, 0.15) is 24.0 Å². The van der Waals surface area contributed by atoms with E-state index in [4.69, 9.17) is 4.74 Å². The van der Waals surface area contributed by atoms with Crippen molar-refractivity contribution in [3.05, 3.63) is 47.8 Å². The molecule has 1 aromatic carbocycles. The fourth-order valence-electron chi connectivity index (χ4n) is 2.29. The summed E-state index contributed by atoms with van der Waals surface area (Å²) in [5.74, 6) is 1.56. The molecule has 1 aromatic heterocycles. The van der Waals surface area contributed by atoms with E-state index in [-0.39, 0.29) is 0 Å². The third-order valence-corrected chi connectivity index (χ3v) is 3.23. The van der Waals surface area contributed by atoms with E-state index in [9.17, 15) is 0 Å². The standard InChI is InChI=1S/C14H15NO/c1-10-7-12-11(2)9-16-14(12)8-13(10)15-5-3-4-6-15/h3-8,11H,9H2,1-2H3. The lowest BCUT2D eigenvalue weighted by atomic mass is 10.0. The van der Waals surface area contributed by atoms with Crippen LogP contribution in [0.3, 0.4) is 0 Å². The normalized spacial score (nSPS) is 18.2. The Bertz CT molecular complexity index is 514. The summed E-state index contributed by atoms with van der Waals surface area (Å²) in [5.41, 5.74) is 3.85. The van der Waals surface area contributed by atoms with E-state index in [1.807, 2.05) is 12.1 Å². The Morgan fingerprint density at radius 3 is 2.75 bits per heavy atom. The van der Waals surface area contributed by atoms with E-state index in [2.05, 4.69) is 42.9 Å². The van der Waals surface area contributed by atoms with Gasteiger partial charge < -0.3 is 9.30 Å². The second-order valence-corrected chi connectivity index (χ2v) is 4.48. The van der Waals surface area contributed by atoms with E-state index in [0.29, 0.717) is 5.92 Å². The lowest BCUT2D eigenvalue weighted by Gasteiger charge is -2.10. The van der Waals surface area contributed by atoms with Crippen molar-refractivity contribution < 1.29 is 4.74 Å². The Kier molecular flexibility index (Phi) is 2.03. The second kappa shape index (κ2) is 3.41. The van der Waals surface area contributed by atoms with Crippen LogP contribution in [0.25, 0.3) is 5.69 Å². The molecule has 0 amide bonds. The minimum atomic E-state index is 0.521. The van der Waals surface area contributed by atoms with Crippen molar-refractivity contribution in [2.24, 2.45) is 0 Å². The first-order valence-electron chi connectivity index (χ1n) is 5.66. The number of ether oxygens (including phenoxy) is 1. The highest BCUT2D eigenvalue weighted by Crippen LogP contribution is 2.36. The molecule has 0 aliphatic carbocycles. The average Bonchev–Trinajstić information content (AvgIpc) is 2.89. The minimum Gasteiger partial charge on any atom is -0.493 e. The summed E-state index contributed by atoms with van der Waals surface area (Å²) in [5, 5.41) is 0. The van der Waals surface area contributed by atoms with Crippen molar-refractivity contribution in [2.75, 3.05) is 6.61 Å². The Hall–Kier alpha value is -1.70. The topological polar surface area (TPSA) is 14.2 Å². The molecule has 2 aromatic rings. The fraction of sp³-hybridized carbons (Fsp3) is 0.286. The summed E-state index contributed by atoms with van der Waals surface area (Å²) in [6, 6.07) is 8.47. The van der Waals surface area contributed by atoms with Gasteiger partial charge in [-0.15, -0.1) is 0 Å². The summed E-state index contributed by atoms with van der Waals surface area (Å²) in [6.45, 7) is 5.17. The smallest absolute Gasteiger partial charge is 0.125 e. The maximum atomic E-state index is 5.69. The quantitative estimate of drug-likeness (QED) is 0.709. The Labute approximate surface area is 95.5 Å². The molecule has 1 aliphatic heterocycles. The van der Waals surface area contributed by atoms with Gasteiger partial charge in [0.25, 0.3) is 0 Å². The average molecular weight is 213 g/mol. The van der Waals surface area contributed by atoms with Crippen molar-refractivity contribution in [3.63, 3.8) is 0 Å². The maximum absolute atomic E-state index is 5.69. The van der Waals surface area contributed by atoms with Crippen LogP contribution in [0.4, 0.5) is 0 Å². The molecule has 0 saturated carbocycles. The van der Waals surface area contributed by atoms with E-state index in [0.717, 1.165) is 12.4 Å². The predicted octanol–water partition coefficient (Wildman–Crippen LogP) is 3.28. The van der Waals surface area contributed by atoms with Gasteiger partial charge in [0.05, 0.1) is 12.3 Å². The zero-order valence-electron chi connectivity index (χ0n) is 9.60. The van der Waals surface area contributed by atoms with Gasteiger partial charge in [-0.25, -0.2) is 0 Å². The molecule has 1 aliphatic rings. The van der Waals surface area contributed by atoms with Crippen LogP contribution < -0.4 is 4.74 Å². The Morgan fingerprint density at radius 2 is 2.00 bits per heavy atom. The Balaban J connectivity index is 2.15. The second-order valence-electron chi connectivity index (χ2n) is 4.48. The molecule has 0 bridgehead atoms. The number of hydrogen-bond donors (Lipinski definition) is 0. The first-order valence-corrected chi connectivity index (χ1v) is 5.66. The first kappa shape index (κ1) is 9.52. The maximum Gasteiger partial charge on any atom is 0.125 e. The minimum absolute atomic E-state index is 0.521. The van der Waals surface area contributed by atoms with Crippen LogP contribution in [0.2, 0.25) is 0 Å². The van der Waals surface area contributed by atoms with E-state index in [1.54, 1.807) is 0 Å². The monoisotopic (exact) mass is 213 g/mol. The van der Waals surface area contributed by atoms with Gasteiger partial charge in [-0.3, -0.25) is 0 Å². The molecule has 82 valence electrons. The molecule has 2 nitrogen and oxygen atoms in total. The van der Waals surface area contributed by atoms with Gasteiger partial charge in [-0.2, -0.15) is 0 Å². The third kappa shape index (κ3) is 1.33. The summed E-state index contributed by atoms with van der Waals surface area (Å²) in [7, 11) is 0. The zero-order valence-corrected chi connectivity index (χ0v) is 9.60. The van der Waals surface area contributed by atoms with Gasteiger partial charge in [0.2, 0.25) is 0 Å². The number of rotatable bonds is 1. The van der Waals surface area contributed by atoms with Crippen molar-refractivity contribution >= 4 is 0 Å². The molecule has 1 unspecified atom stereocenters. The number of fused-ring (bicyclic) bond motifs is 1. The molecule has 0 fully saturated rings. The van der Waals surface area contributed by atoms with Gasteiger partial charge in [-0.05, 0) is 30.7 Å². The third-order valence-electron chi connectivity index (χ3n) is 3.23. The van der Waals surface area contributed by atoms with Crippen molar-refractivity contribution in [2.45, 2.75) is 19.8 Å². The highest BCUT2D eigenvalue weighted by molar-refractivity contribution is 5.53. The SMILES string of the molecule is Cc1cc2c(cc1-n1cccc1)OCC2C. The molecule has 0 spiro atoms.